The summed E-state index contributed by atoms with van der Waals surface area (Å²) < 4.78 is 6.12. The molecule has 2 amide bonds. The van der Waals surface area contributed by atoms with Crippen molar-refractivity contribution in [2.75, 3.05) is 21.1 Å². The quantitative estimate of drug-likeness (QED) is 0.356. The van der Waals surface area contributed by atoms with Gasteiger partial charge in [-0.2, -0.15) is 5.26 Å². The highest BCUT2D eigenvalue weighted by Crippen LogP contribution is 2.33. The van der Waals surface area contributed by atoms with Crippen LogP contribution in [-0.2, 0) is 19.6 Å². The van der Waals surface area contributed by atoms with Gasteiger partial charge in [0.2, 0.25) is 5.60 Å². The molecule has 0 spiro atoms. The van der Waals surface area contributed by atoms with Crippen LogP contribution in [-0.4, -0.2) is 51.1 Å². The van der Waals surface area contributed by atoms with Crippen molar-refractivity contribution in [1.82, 2.24) is 9.80 Å². The fraction of sp³-hybridized carbons (Fsp3) is 0.438. The number of likely N-dealkylation sites (N-methyl/N-ethyl adjacent to an activating group) is 2. The third-order valence-corrected chi connectivity index (χ3v) is 4.02. The fourth-order valence-corrected chi connectivity index (χ4v) is 3.42. The lowest BCUT2D eigenvalue weighted by atomic mass is 9.91. The van der Waals surface area contributed by atoms with Gasteiger partial charge in [0.05, 0.1) is 0 Å². The van der Waals surface area contributed by atoms with Gasteiger partial charge in [-0.3, -0.25) is 9.59 Å². The number of amides is 2. The maximum atomic E-state index is 13.0. The molecule has 124 valence electrons. The van der Waals surface area contributed by atoms with Gasteiger partial charge in [0.15, 0.2) is 14.5 Å². The van der Waals surface area contributed by atoms with E-state index in [1.54, 1.807) is 50.6 Å². The van der Waals surface area contributed by atoms with Crippen molar-refractivity contribution in [3.8, 4) is 6.19 Å². The molecule has 6 nitrogen and oxygen atoms in total. The first-order chi connectivity index (χ1) is 10.6. The first-order valence-electron chi connectivity index (χ1n) is 7.21. The van der Waals surface area contributed by atoms with Crippen LogP contribution in [0.25, 0.3) is 0 Å². The maximum absolute atomic E-state index is 13.0. The van der Waals surface area contributed by atoms with Gasteiger partial charge in [-0.05, 0) is 19.6 Å². The largest absolute Gasteiger partial charge is 0.393 e. The van der Waals surface area contributed by atoms with E-state index < -0.39 is 25.7 Å². The van der Waals surface area contributed by atoms with Gasteiger partial charge in [-0.15, -0.1) is 0 Å². The van der Waals surface area contributed by atoms with Gasteiger partial charge in [-0.1, -0.05) is 30.3 Å². The number of hydrogen-bond donors (Lipinski definition) is 0. The lowest BCUT2D eigenvalue weighted by molar-refractivity contribution is -0.162. The Balaban J connectivity index is 3.69. The molecule has 0 aliphatic heterocycles. The molecule has 7 heteroatoms. The molecule has 0 saturated heterocycles. The molecule has 0 aliphatic rings. The van der Waals surface area contributed by atoms with E-state index in [1.807, 2.05) is 19.6 Å². The van der Waals surface area contributed by atoms with Gasteiger partial charge in [-0.25, -0.2) is 4.90 Å². The first-order valence-corrected chi connectivity index (χ1v) is 10.6. The molecular formula is C16H23N3O3Si. The van der Waals surface area contributed by atoms with Gasteiger partial charge in [0.25, 0.3) is 11.8 Å². The lowest BCUT2D eigenvalue weighted by Gasteiger charge is -2.39. The number of nitrogens with zero attached hydrogens (tertiary/aromatic N) is 3. The van der Waals surface area contributed by atoms with Crippen LogP contribution in [0, 0.1) is 11.5 Å². The molecule has 0 bridgehead atoms. The van der Waals surface area contributed by atoms with E-state index >= 15 is 0 Å². The van der Waals surface area contributed by atoms with Crippen molar-refractivity contribution in [3.63, 3.8) is 0 Å². The number of rotatable bonds is 5. The number of benzene rings is 1. The summed E-state index contributed by atoms with van der Waals surface area (Å²) in [7, 11) is 2.15. The van der Waals surface area contributed by atoms with E-state index in [0.717, 1.165) is 4.90 Å². The van der Waals surface area contributed by atoms with Crippen LogP contribution in [0.1, 0.15) is 5.56 Å². The van der Waals surface area contributed by atoms with E-state index in [0.29, 0.717) is 5.56 Å². The van der Waals surface area contributed by atoms with E-state index in [9.17, 15) is 9.59 Å². The Kier molecular flexibility index (Phi) is 5.69. The van der Waals surface area contributed by atoms with Crippen LogP contribution in [0.3, 0.4) is 0 Å². The Labute approximate surface area is 138 Å². The molecule has 1 unspecified atom stereocenters. The minimum Gasteiger partial charge on any atom is -0.393 e. The van der Waals surface area contributed by atoms with Gasteiger partial charge in [0.1, 0.15) is 0 Å². The normalized spacial score (nSPS) is 13.6. The highest BCUT2D eigenvalue weighted by molar-refractivity contribution is 6.70. The fourth-order valence-electron chi connectivity index (χ4n) is 2.21. The molecule has 0 radical (unpaired) electrons. The number of hydrogen-bond acceptors (Lipinski definition) is 4. The summed E-state index contributed by atoms with van der Waals surface area (Å²) in [4.78, 5) is 28.1. The van der Waals surface area contributed by atoms with Crippen LogP contribution < -0.4 is 0 Å². The van der Waals surface area contributed by atoms with E-state index in [2.05, 4.69) is 0 Å². The summed E-state index contributed by atoms with van der Waals surface area (Å²) in [6, 6.07) is 8.61. The SMILES string of the molecule is CN(C)C(=O)C(O[Si](C)(C)C)(C(=O)N(C)C#N)c1ccccc1. The topological polar surface area (TPSA) is 73.6 Å². The zero-order valence-electron chi connectivity index (χ0n) is 14.5. The third-order valence-electron chi connectivity index (χ3n) is 3.10. The van der Waals surface area contributed by atoms with Crippen molar-refractivity contribution in [3.05, 3.63) is 35.9 Å². The zero-order valence-corrected chi connectivity index (χ0v) is 15.5. The summed E-state index contributed by atoms with van der Waals surface area (Å²) in [6.45, 7) is 5.69. The average molecular weight is 333 g/mol. The summed E-state index contributed by atoms with van der Waals surface area (Å²) in [5, 5.41) is 9.12. The second-order valence-corrected chi connectivity index (χ2v) is 10.9. The average Bonchev–Trinajstić information content (AvgIpc) is 2.50. The molecule has 0 fully saturated rings. The minimum absolute atomic E-state index is 0.424. The number of carbonyl (C=O) groups excluding carboxylic acids is 2. The van der Waals surface area contributed by atoms with Gasteiger partial charge >= 0.3 is 0 Å². The van der Waals surface area contributed by atoms with Crippen molar-refractivity contribution < 1.29 is 14.0 Å². The monoisotopic (exact) mass is 333 g/mol. The van der Waals surface area contributed by atoms with Crippen LogP contribution in [0.5, 0.6) is 0 Å². The summed E-state index contributed by atoms with van der Waals surface area (Å²) in [5.41, 5.74) is -1.42. The van der Waals surface area contributed by atoms with Crippen LogP contribution >= 0.6 is 0 Å². The molecule has 1 aromatic rings. The third kappa shape index (κ3) is 3.97. The minimum atomic E-state index is -2.31. The molecular weight excluding hydrogens is 310 g/mol. The Morgan fingerprint density at radius 1 is 1.09 bits per heavy atom. The summed E-state index contributed by atoms with van der Waals surface area (Å²) in [6.07, 6.45) is 1.77. The number of nitriles is 1. The lowest BCUT2D eigenvalue weighted by Crippen LogP contribution is -2.59. The maximum Gasteiger partial charge on any atom is 0.281 e. The smallest absolute Gasteiger partial charge is 0.281 e. The van der Waals surface area contributed by atoms with E-state index in [-0.39, 0.29) is 0 Å². The highest BCUT2D eigenvalue weighted by Gasteiger charge is 2.53. The van der Waals surface area contributed by atoms with Crippen molar-refractivity contribution in [2.24, 2.45) is 0 Å². The summed E-state index contributed by atoms with van der Waals surface area (Å²) in [5.74, 6) is -1.19. The highest BCUT2D eigenvalue weighted by atomic mass is 28.4. The second-order valence-electron chi connectivity index (χ2n) is 6.43. The van der Waals surface area contributed by atoms with Gasteiger partial charge < -0.3 is 9.33 Å². The molecule has 1 atom stereocenters. The molecule has 0 aromatic heterocycles. The zero-order chi connectivity index (χ0) is 17.8. The predicted molar refractivity (Wildman–Crippen MR) is 89.6 cm³/mol. The van der Waals surface area contributed by atoms with E-state index in [1.165, 1.54) is 11.9 Å². The molecule has 1 aromatic carbocycles. The Morgan fingerprint density at radius 2 is 1.61 bits per heavy atom. The van der Waals surface area contributed by atoms with Gasteiger partial charge in [0, 0.05) is 26.7 Å². The Morgan fingerprint density at radius 3 is 2.00 bits per heavy atom. The van der Waals surface area contributed by atoms with Crippen LogP contribution in [0.4, 0.5) is 0 Å². The van der Waals surface area contributed by atoms with Crippen LogP contribution in [0.2, 0.25) is 19.6 Å². The molecule has 0 saturated carbocycles. The molecule has 0 aliphatic carbocycles. The molecule has 23 heavy (non-hydrogen) atoms. The van der Waals surface area contributed by atoms with Crippen molar-refractivity contribution in [1.29, 1.82) is 5.26 Å². The van der Waals surface area contributed by atoms with Crippen molar-refractivity contribution >= 4 is 20.1 Å². The summed E-state index contributed by atoms with van der Waals surface area (Å²) >= 11 is 0. The molecule has 0 heterocycles. The predicted octanol–water partition coefficient (Wildman–Crippen LogP) is 1.76. The standard InChI is InChI=1S/C16H23N3O3Si/c1-18(2)14(20)16(22-23(4,5)6,15(21)19(3)12-17)13-10-8-7-9-11-13/h7-11H,1-6H3. The number of carbonyl (C=O) groups is 2. The Bertz CT molecular complexity index is 620. The van der Waals surface area contributed by atoms with Crippen LogP contribution in [0.15, 0.2) is 30.3 Å². The van der Waals surface area contributed by atoms with Crippen molar-refractivity contribution in [2.45, 2.75) is 25.2 Å². The molecule has 1 rings (SSSR count). The van der Waals surface area contributed by atoms with E-state index in [4.69, 9.17) is 9.69 Å². The second kappa shape index (κ2) is 6.94. The Hall–Kier alpha value is -2.17. The molecule has 0 N–H and O–H groups in total. The first kappa shape index (κ1) is 18.9.